The van der Waals surface area contributed by atoms with Gasteiger partial charge in [0.25, 0.3) is 0 Å². The summed E-state index contributed by atoms with van der Waals surface area (Å²) in [5.74, 6) is 0. The van der Waals surface area contributed by atoms with Gasteiger partial charge in [-0.15, -0.1) is 11.3 Å². The first kappa shape index (κ1) is 17.2. The van der Waals surface area contributed by atoms with Gasteiger partial charge in [0.15, 0.2) is 0 Å². The van der Waals surface area contributed by atoms with Crippen LogP contribution in [0, 0.1) is 11.3 Å². The van der Waals surface area contributed by atoms with Gasteiger partial charge in [0.05, 0.1) is 29.4 Å². The Hall–Kier alpha value is -1.61. The van der Waals surface area contributed by atoms with Gasteiger partial charge in [-0.25, -0.2) is 4.98 Å². The molecular formula is C18H20ClN3OS. The van der Waals surface area contributed by atoms with Crippen molar-refractivity contribution in [2.75, 3.05) is 24.6 Å². The highest BCUT2D eigenvalue weighted by atomic mass is 35.5. The van der Waals surface area contributed by atoms with Gasteiger partial charge in [0.2, 0.25) is 0 Å². The molecule has 0 N–H and O–H groups in total. The lowest BCUT2D eigenvalue weighted by molar-refractivity contribution is 0.0395. The molecule has 0 bridgehead atoms. The van der Waals surface area contributed by atoms with Gasteiger partial charge >= 0.3 is 0 Å². The van der Waals surface area contributed by atoms with Crippen molar-refractivity contribution in [2.24, 2.45) is 0 Å². The molecule has 2 heterocycles. The Labute approximate surface area is 151 Å². The summed E-state index contributed by atoms with van der Waals surface area (Å²) >= 11 is 7.82. The summed E-state index contributed by atoms with van der Waals surface area (Å²) in [5, 5.41) is 12.6. The molecule has 24 heavy (non-hydrogen) atoms. The van der Waals surface area contributed by atoms with E-state index in [-0.39, 0.29) is 11.5 Å². The van der Waals surface area contributed by atoms with Crippen LogP contribution in [0.3, 0.4) is 0 Å². The highest BCUT2D eigenvalue weighted by molar-refractivity contribution is 7.09. The van der Waals surface area contributed by atoms with E-state index in [4.69, 9.17) is 26.6 Å². The number of ether oxygens (including phenoxy) is 1. The smallest absolute Gasteiger partial charge is 0.126 e. The van der Waals surface area contributed by atoms with E-state index >= 15 is 0 Å². The number of nitrogens with zero attached hydrogens (tertiary/aromatic N) is 3. The first-order chi connectivity index (χ1) is 11.4. The lowest BCUT2D eigenvalue weighted by Crippen LogP contribution is -2.38. The largest absolute Gasteiger partial charge is 0.367 e. The van der Waals surface area contributed by atoms with Crippen LogP contribution in [-0.4, -0.2) is 24.7 Å². The van der Waals surface area contributed by atoms with E-state index in [1.165, 1.54) is 0 Å². The number of thiazole rings is 1. The van der Waals surface area contributed by atoms with Crippen LogP contribution in [-0.2, 0) is 10.2 Å². The van der Waals surface area contributed by atoms with Crippen LogP contribution in [0.15, 0.2) is 23.6 Å². The Bertz CT molecular complexity index is 775. The summed E-state index contributed by atoms with van der Waals surface area (Å²) in [6, 6.07) is 7.65. The van der Waals surface area contributed by atoms with Gasteiger partial charge < -0.3 is 9.64 Å². The fourth-order valence-corrected chi connectivity index (χ4v) is 3.91. The lowest BCUT2D eigenvalue weighted by atomic mass is 9.93. The summed E-state index contributed by atoms with van der Waals surface area (Å²) in [4.78, 5) is 7.01. The van der Waals surface area contributed by atoms with E-state index in [0.717, 1.165) is 29.5 Å². The van der Waals surface area contributed by atoms with Crippen LogP contribution in [0.2, 0.25) is 5.02 Å². The maximum Gasteiger partial charge on any atom is 0.126 e. The van der Waals surface area contributed by atoms with Crippen molar-refractivity contribution < 1.29 is 4.74 Å². The second-order valence-electron chi connectivity index (χ2n) is 6.90. The quantitative estimate of drug-likeness (QED) is 0.787. The molecule has 6 heteroatoms. The Morgan fingerprint density at radius 3 is 2.83 bits per heavy atom. The molecule has 1 unspecified atom stereocenters. The molecule has 2 aromatic rings. The van der Waals surface area contributed by atoms with Crippen molar-refractivity contribution in [3.8, 4) is 6.07 Å². The van der Waals surface area contributed by atoms with Gasteiger partial charge in [0.1, 0.15) is 17.2 Å². The number of hydrogen-bond acceptors (Lipinski definition) is 5. The monoisotopic (exact) mass is 361 g/mol. The third kappa shape index (κ3) is 3.56. The van der Waals surface area contributed by atoms with Crippen LogP contribution in [0.1, 0.15) is 43.1 Å². The Kier molecular flexibility index (Phi) is 4.82. The summed E-state index contributed by atoms with van der Waals surface area (Å²) < 4.78 is 5.94. The number of rotatable bonds is 2. The molecule has 0 radical (unpaired) electrons. The molecule has 0 saturated carbocycles. The number of anilines is 1. The van der Waals surface area contributed by atoms with E-state index in [2.05, 4.69) is 37.1 Å². The molecule has 4 nitrogen and oxygen atoms in total. The zero-order chi connectivity index (χ0) is 17.3. The Balaban J connectivity index is 1.78. The fourth-order valence-electron chi connectivity index (χ4n) is 2.60. The molecule has 1 aliphatic heterocycles. The third-order valence-corrected chi connectivity index (χ3v) is 5.32. The maximum absolute atomic E-state index is 9.00. The lowest BCUT2D eigenvalue weighted by Gasteiger charge is -2.33. The normalized spacial score (nSPS) is 18.5. The second-order valence-corrected chi connectivity index (χ2v) is 8.20. The molecule has 0 spiro atoms. The van der Waals surface area contributed by atoms with Gasteiger partial charge in [-0.3, -0.25) is 0 Å². The topological polar surface area (TPSA) is 49.2 Å². The van der Waals surface area contributed by atoms with E-state index in [0.29, 0.717) is 17.2 Å². The second kappa shape index (κ2) is 6.72. The van der Waals surface area contributed by atoms with Crippen LogP contribution in [0.4, 0.5) is 5.69 Å². The molecular weight excluding hydrogens is 342 g/mol. The predicted octanol–water partition coefficient (Wildman–Crippen LogP) is 4.54. The fraction of sp³-hybridized carbons (Fsp3) is 0.444. The standard InChI is InChI=1S/C18H20ClN3OS/c1-18(2,3)16-11-24-17(21-16)15-10-22(6-7-23-15)13-5-4-12(9-20)14(19)8-13/h4-5,8,11,15H,6-7,10H2,1-3H3. The molecule has 0 aliphatic carbocycles. The van der Waals surface area contributed by atoms with Crippen molar-refractivity contribution in [3.05, 3.63) is 44.9 Å². The highest BCUT2D eigenvalue weighted by Crippen LogP contribution is 2.32. The van der Waals surface area contributed by atoms with Crippen LogP contribution < -0.4 is 4.90 Å². The first-order valence-electron chi connectivity index (χ1n) is 7.90. The van der Waals surface area contributed by atoms with Crippen LogP contribution in [0.5, 0.6) is 0 Å². The molecule has 0 amide bonds. The van der Waals surface area contributed by atoms with E-state index in [1.807, 2.05) is 12.1 Å². The van der Waals surface area contributed by atoms with Crippen molar-refractivity contribution in [1.29, 1.82) is 5.26 Å². The van der Waals surface area contributed by atoms with Gasteiger partial charge in [0, 0.05) is 23.0 Å². The zero-order valence-corrected chi connectivity index (χ0v) is 15.6. The number of benzene rings is 1. The van der Waals surface area contributed by atoms with E-state index < -0.39 is 0 Å². The average molecular weight is 362 g/mol. The maximum atomic E-state index is 9.00. The summed E-state index contributed by atoms with van der Waals surface area (Å²) in [5.41, 5.74) is 2.66. The first-order valence-corrected chi connectivity index (χ1v) is 9.16. The molecule has 1 saturated heterocycles. The minimum atomic E-state index is -0.0331. The number of hydrogen-bond donors (Lipinski definition) is 0. The molecule has 3 rings (SSSR count). The summed E-state index contributed by atoms with van der Waals surface area (Å²) in [6.45, 7) is 8.68. The van der Waals surface area contributed by atoms with Crippen LogP contribution >= 0.6 is 22.9 Å². The molecule has 1 aromatic heterocycles. The summed E-state index contributed by atoms with van der Waals surface area (Å²) in [6.07, 6.45) is -0.0331. The number of aromatic nitrogens is 1. The Morgan fingerprint density at radius 2 is 2.21 bits per heavy atom. The van der Waals surface area contributed by atoms with Gasteiger partial charge in [-0.2, -0.15) is 5.26 Å². The summed E-state index contributed by atoms with van der Waals surface area (Å²) in [7, 11) is 0. The highest BCUT2D eigenvalue weighted by Gasteiger charge is 2.27. The molecule has 1 aromatic carbocycles. The molecule has 1 fully saturated rings. The van der Waals surface area contributed by atoms with Crippen molar-refractivity contribution >= 4 is 28.6 Å². The minimum Gasteiger partial charge on any atom is -0.367 e. The van der Waals surface area contributed by atoms with Crippen molar-refractivity contribution in [3.63, 3.8) is 0 Å². The third-order valence-electron chi connectivity index (χ3n) is 4.07. The van der Waals surface area contributed by atoms with Crippen LogP contribution in [0.25, 0.3) is 0 Å². The van der Waals surface area contributed by atoms with E-state index in [9.17, 15) is 0 Å². The average Bonchev–Trinajstić information content (AvgIpc) is 3.05. The SMILES string of the molecule is CC(C)(C)c1csc(C2CN(c3ccc(C#N)c(Cl)c3)CCO2)n1. The molecule has 1 atom stereocenters. The Morgan fingerprint density at radius 1 is 1.42 bits per heavy atom. The number of halogens is 1. The minimum absolute atomic E-state index is 0.0331. The predicted molar refractivity (Wildman–Crippen MR) is 97.9 cm³/mol. The molecule has 1 aliphatic rings. The van der Waals surface area contributed by atoms with Crippen molar-refractivity contribution in [1.82, 2.24) is 4.98 Å². The van der Waals surface area contributed by atoms with Gasteiger partial charge in [-0.05, 0) is 18.2 Å². The number of nitriles is 1. The zero-order valence-electron chi connectivity index (χ0n) is 14.0. The van der Waals surface area contributed by atoms with Crippen molar-refractivity contribution in [2.45, 2.75) is 32.3 Å². The van der Waals surface area contributed by atoms with E-state index in [1.54, 1.807) is 17.4 Å². The number of morpholine rings is 1. The molecule has 126 valence electrons. The van der Waals surface area contributed by atoms with Gasteiger partial charge in [-0.1, -0.05) is 32.4 Å².